The molecule has 1 aromatic carbocycles. The van der Waals surface area contributed by atoms with Crippen molar-refractivity contribution in [1.29, 1.82) is 0 Å². The molecule has 1 unspecified atom stereocenters. The lowest BCUT2D eigenvalue weighted by molar-refractivity contribution is -0.137. The fourth-order valence-electron chi connectivity index (χ4n) is 1.42. The van der Waals surface area contributed by atoms with E-state index >= 15 is 0 Å². The molecule has 0 amide bonds. The van der Waals surface area contributed by atoms with Crippen molar-refractivity contribution in [2.45, 2.75) is 32.8 Å². The highest BCUT2D eigenvalue weighted by molar-refractivity contribution is 5.66. The molecule has 0 radical (unpaired) electrons. The maximum absolute atomic E-state index is 10.4. The lowest BCUT2D eigenvalue weighted by Gasteiger charge is -2.14. The van der Waals surface area contributed by atoms with Crippen LogP contribution in [0.25, 0.3) is 0 Å². The van der Waals surface area contributed by atoms with Gasteiger partial charge in [-0.3, -0.25) is 4.79 Å². The first-order valence-electron chi connectivity index (χ1n) is 5.73. The van der Waals surface area contributed by atoms with Crippen LogP contribution in [0.1, 0.15) is 26.7 Å². The molecule has 1 rings (SSSR count). The summed E-state index contributed by atoms with van der Waals surface area (Å²) in [6.45, 7) is 4.39. The van der Waals surface area contributed by atoms with Crippen molar-refractivity contribution in [3.8, 4) is 11.5 Å². The molecule has 0 aromatic heterocycles. The molecule has 0 spiro atoms. The summed E-state index contributed by atoms with van der Waals surface area (Å²) in [7, 11) is 0. The highest BCUT2D eigenvalue weighted by Gasteiger charge is 2.07. The zero-order chi connectivity index (χ0) is 12.7. The molecule has 0 aliphatic carbocycles. The molecule has 4 heteroatoms. The number of hydrogen-bond acceptors (Lipinski definition) is 3. The highest BCUT2D eigenvalue weighted by atomic mass is 16.5. The van der Waals surface area contributed by atoms with Crippen LogP contribution in [0.5, 0.6) is 11.5 Å². The molecule has 1 aromatic rings. The Kier molecular flexibility index (Phi) is 5.33. The van der Waals surface area contributed by atoms with Crippen LogP contribution in [0.2, 0.25) is 0 Å². The Labute approximate surface area is 101 Å². The predicted molar refractivity (Wildman–Crippen MR) is 64.6 cm³/mol. The van der Waals surface area contributed by atoms with E-state index in [0.29, 0.717) is 18.8 Å². The molecule has 0 aliphatic rings. The maximum Gasteiger partial charge on any atom is 0.303 e. The fraction of sp³-hybridized carbons (Fsp3) is 0.462. The van der Waals surface area contributed by atoms with Crippen molar-refractivity contribution in [2.24, 2.45) is 0 Å². The van der Waals surface area contributed by atoms with E-state index in [1.165, 1.54) is 0 Å². The van der Waals surface area contributed by atoms with Crippen LogP contribution in [0, 0.1) is 0 Å². The summed E-state index contributed by atoms with van der Waals surface area (Å²) < 4.78 is 11.0. The number of aliphatic carboxylic acids is 1. The van der Waals surface area contributed by atoms with Gasteiger partial charge in [0.25, 0.3) is 0 Å². The number of carbonyl (C=O) groups is 1. The smallest absolute Gasteiger partial charge is 0.303 e. The van der Waals surface area contributed by atoms with E-state index < -0.39 is 5.97 Å². The second kappa shape index (κ2) is 6.78. The maximum atomic E-state index is 10.4. The molecule has 0 bridgehead atoms. The van der Waals surface area contributed by atoms with E-state index in [9.17, 15) is 4.79 Å². The SMILES string of the molecule is CCOc1cccc(OC(C)CCC(=O)O)c1. The van der Waals surface area contributed by atoms with Crippen LogP contribution in [0.4, 0.5) is 0 Å². The lowest BCUT2D eigenvalue weighted by Crippen LogP contribution is -2.13. The molecule has 17 heavy (non-hydrogen) atoms. The molecule has 0 fully saturated rings. The third kappa shape index (κ3) is 5.24. The zero-order valence-electron chi connectivity index (χ0n) is 10.2. The monoisotopic (exact) mass is 238 g/mol. The number of carboxylic acid groups (broad SMARTS) is 1. The molecule has 4 nitrogen and oxygen atoms in total. The van der Waals surface area contributed by atoms with Crippen LogP contribution >= 0.6 is 0 Å². The Hall–Kier alpha value is -1.71. The number of ether oxygens (including phenoxy) is 2. The summed E-state index contributed by atoms with van der Waals surface area (Å²) in [5, 5.41) is 8.57. The molecule has 1 N–H and O–H groups in total. The van der Waals surface area contributed by atoms with Crippen LogP contribution in [0.3, 0.4) is 0 Å². The first kappa shape index (κ1) is 13.4. The highest BCUT2D eigenvalue weighted by Crippen LogP contribution is 2.21. The quantitative estimate of drug-likeness (QED) is 0.793. The van der Waals surface area contributed by atoms with Crippen molar-refractivity contribution in [3.05, 3.63) is 24.3 Å². The topological polar surface area (TPSA) is 55.8 Å². The van der Waals surface area contributed by atoms with E-state index in [1.54, 1.807) is 6.07 Å². The van der Waals surface area contributed by atoms with Crippen molar-refractivity contribution in [1.82, 2.24) is 0 Å². The lowest BCUT2D eigenvalue weighted by atomic mass is 10.2. The van der Waals surface area contributed by atoms with Gasteiger partial charge in [-0.25, -0.2) is 0 Å². The Morgan fingerprint density at radius 3 is 2.76 bits per heavy atom. The standard InChI is InChI=1S/C13H18O4/c1-3-16-11-5-4-6-12(9-11)17-10(2)7-8-13(14)15/h4-6,9-10H,3,7-8H2,1-2H3,(H,14,15). The molecular weight excluding hydrogens is 220 g/mol. The molecule has 1 atom stereocenters. The summed E-state index contributed by atoms with van der Waals surface area (Å²) in [6.07, 6.45) is 0.489. The molecule has 94 valence electrons. The van der Waals surface area contributed by atoms with Gasteiger partial charge < -0.3 is 14.6 Å². The van der Waals surface area contributed by atoms with E-state index in [0.717, 1.165) is 5.75 Å². The summed E-state index contributed by atoms with van der Waals surface area (Å²) in [6, 6.07) is 7.35. The van der Waals surface area contributed by atoms with Gasteiger partial charge in [0.15, 0.2) is 0 Å². The van der Waals surface area contributed by atoms with Crippen LogP contribution < -0.4 is 9.47 Å². The number of hydrogen-bond donors (Lipinski definition) is 1. The number of benzene rings is 1. The minimum atomic E-state index is -0.802. The Balaban J connectivity index is 2.49. The van der Waals surface area contributed by atoms with E-state index in [4.69, 9.17) is 14.6 Å². The molecule has 0 saturated heterocycles. The van der Waals surface area contributed by atoms with E-state index in [-0.39, 0.29) is 12.5 Å². The first-order chi connectivity index (χ1) is 8.11. The Morgan fingerprint density at radius 2 is 2.12 bits per heavy atom. The first-order valence-corrected chi connectivity index (χ1v) is 5.73. The average Bonchev–Trinajstić information content (AvgIpc) is 2.27. The van der Waals surface area contributed by atoms with Gasteiger partial charge >= 0.3 is 5.97 Å². The summed E-state index contributed by atoms with van der Waals surface area (Å²) in [5.74, 6) is 0.660. The third-order valence-corrected chi connectivity index (χ3v) is 2.22. The van der Waals surface area contributed by atoms with Crippen molar-refractivity contribution in [2.75, 3.05) is 6.61 Å². The Bertz CT molecular complexity index is 362. The van der Waals surface area contributed by atoms with Gasteiger partial charge in [-0.2, -0.15) is 0 Å². The van der Waals surface area contributed by atoms with Gasteiger partial charge in [0.05, 0.1) is 12.7 Å². The second-order valence-electron chi connectivity index (χ2n) is 3.77. The molecule has 0 aliphatic heterocycles. The number of rotatable bonds is 7. The van der Waals surface area contributed by atoms with Gasteiger partial charge in [0.1, 0.15) is 11.5 Å². The fourth-order valence-corrected chi connectivity index (χ4v) is 1.42. The van der Waals surface area contributed by atoms with Gasteiger partial charge in [0, 0.05) is 12.5 Å². The molecule has 0 saturated carbocycles. The Morgan fingerprint density at radius 1 is 1.41 bits per heavy atom. The largest absolute Gasteiger partial charge is 0.494 e. The van der Waals surface area contributed by atoms with Gasteiger partial charge in [-0.05, 0) is 32.4 Å². The summed E-state index contributed by atoms with van der Waals surface area (Å²) >= 11 is 0. The summed E-state index contributed by atoms with van der Waals surface area (Å²) in [5.41, 5.74) is 0. The molecular formula is C13H18O4. The molecule has 0 heterocycles. The van der Waals surface area contributed by atoms with Crippen LogP contribution in [-0.2, 0) is 4.79 Å². The van der Waals surface area contributed by atoms with E-state index in [2.05, 4.69) is 0 Å². The predicted octanol–water partition coefficient (Wildman–Crippen LogP) is 2.72. The van der Waals surface area contributed by atoms with Crippen molar-refractivity contribution >= 4 is 5.97 Å². The minimum Gasteiger partial charge on any atom is -0.494 e. The van der Waals surface area contributed by atoms with Gasteiger partial charge in [-0.1, -0.05) is 6.07 Å². The van der Waals surface area contributed by atoms with Gasteiger partial charge in [-0.15, -0.1) is 0 Å². The van der Waals surface area contributed by atoms with Crippen LogP contribution in [0.15, 0.2) is 24.3 Å². The average molecular weight is 238 g/mol. The summed E-state index contributed by atoms with van der Waals surface area (Å²) in [4.78, 5) is 10.4. The van der Waals surface area contributed by atoms with Crippen LogP contribution in [-0.4, -0.2) is 23.8 Å². The normalized spacial score (nSPS) is 11.9. The van der Waals surface area contributed by atoms with Gasteiger partial charge in [0.2, 0.25) is 0 Å². The third-order valence-electron chi connectivity index (χ3n) is 2.22. The zero-order valence-corrected chi connectivity index (χ0v) is 10.2. The second-order valence-corrected chi connectivity index (χ2v) is 3.77. The van der Waals surface area contributed by atoms with Crippen molar-refractivity contribution in [3.63, 3.8) is 0 Å². The number of carboxylic acids is 1. The minimum absolute atomic E-state index is 0.117. The van der Waals surface area contributed by atoms with Crippen molar-refractivity contribution < 1.29 is 19.4 Å². The van der Waals surface area contributed by atoms with E-state index in [1.807, 2.05) is 32.0 Å².